The molecule has 2 rings (SSSR count). The van der Waals surface area contributed by atoms with Crippen LogP contribution in [0.5, 0.6) is 0 Å². The predicted molar refractivity (Wildman–Crippen MR) is 93.0 cm³/mol. The van der Waals surface area contributed by atoms with Crippen LogP contribution in [0.2, 0.25) is 5.02 Å². The van der Waals surface area contributed by atoms with Crippen molar-refractivity contribution in [1.82, 2.24) is 9.88 Å². The van der Waals surface area contributed by atoms with E-state index in [1.54, 1.807) is 26.4 Å². The SMILES string of the molecule is CN(C)C(=O)c1cnc(NC(CCO)C2CCCCC2)c(Cl)c1. The van der Waals surface area contributed by atoms with E-state index in [4.69, 9.17) is 11.6 Å². The van der Waals surface area contributed by atoms with Crippen LogP contribution in [0.15, 0.2) is 12.3 Å². The summed E-state index contributed by atoms with van der Waals surface area (Å²) in [6.45, 7) is 0.142. The van der Waals surface area contributed by atoms with Gasteiger partial charge in [0.25, 0.3) is 5.91 Å². The summed E-state index contributed by atoms with van der Waals surface area (Å²) in [5.41, 5.74) is 0.474. The third-order valence-corrected chi connectivity index (χ3v) is 4.76. The fraction of sp³-hybridized carbons (Fsp3) is 0.647. The molecule has 0 aliphatic heterocycles. The highest BCUT2D eigenvalue weighted by molar-refractivity contribution is 6.33. The van der Waals surface area contributed by atoms with Gasteiger partial charge in [-0.1, -0.05) is 30.9 Å². The maximum Gasteiger partial charge on any atom is 0.254 e. The molecule has 2 N–H and O–H groups in total. The normalized spacial score (nSPS) is 16.9. The van der Waals surface area contributed by atoms with Gasteiger partial charge >= 0.3 is 0 Å². The summed E-state index contributed by atoms with van der Waals surface area (Å²) in [5, 5.41) is 13.2. The first-order chi connectivity index (χ1) is 11.0. The quantitative estimate of drug-likeness (QED) is 0.835. The predicted octanol–water partition coefficient (Wildman–Crippen LogP) is 3.18. The monoisotopic (exact) mass is 339 g/mol. The minimum Gasteiger partial charge on any atom is -0.396 e. The van der Waals surface area contributed by atoms with Gasteiger partial charge in [0.15, 0.2) is 0 Å². The van der Waals surface area contributed by atoms with Crippen LogP contribution < -0.4 is 5.32 Å². The summed E-state index contributed by atoms with van der Waals surface area (Å²) < 4.78 is 0. The van der Waals surface area contributed by atoms with Crippen molar-refractivity contribution in [2.45, 2.75) is 44.6 Å². The fourth-order valence-electron chi connectivity index (χ4n) is 3.20. The molecular weight excluding hydrogens is 314 g/mol. The van der Waals surface area contributed by atoms with E-state index in [1.165, 1.54) is 37.0 Å². The van der Waals surface area contributed by atoms with Crippen LogP contribution in [0.4, 0.5) is 5.82 Å². The minimum absolute atomic E-state index is 0.120. The maximum atomic E-state index is 12.0. The third kappa shape index (κ3) is 4.82. The number of halogens is 1. The topological polar surface area (TPSA) is 65.5 Å². The van der Waals surface area contributed by atoms with Crippen LogP contribution in [0.1, 0.15) is 48.9 Å². The highest BCUT2D eigenvalue weighted by atomic mass is 35.5. The van der Waals surface area contributed by atoms with Gasteiger partial charge < -0.3 is 15.3 Å². The summed E-state index contributed by atoms with van der Waals surface area (Å²) in [4.78, 5) is 17.8. The van der Waals surface area contributed by atoms with E-state index in [0.29, 0.717) is 28.7 Å². The Balaban J connectivity index is 2.11. The lowest BCUT2D eigenvalue weighted by Crippen LogP contribution is -2.32. The molecule has 0 bridgehead atoms. The first kappa shape index (κ1) is 18.0. The van der Waals surface area contributed by atoms with Gasteiger partial charge in [0, 0.05) is 32.9 Å². The van der Waals surface area contributed by atoms with E-state index in [0.717, 1.165) is 0 Å². The van der Waals surface area contributed by atoms with Gasteiger partial charge in [-0.2, -0.15) is 0 Å². The number of anilines is 1. The Morgan fingerprint density at radius 3 is 2.70 bits per heavy atom. The molecule has 1 saturated carbocycles. The Morgan fingerprint density at radius 1 is 1.43 bits per heavy atom. The zero-order valence-electron chi connectivity index (χ0n) is 13.9. The van der Waals surface area contributed by atoms with Crippen LogP contribution in [-0.4, -0.2) is 47.6 Å². The minimum atomic E-state index is -0.120. The molecular formula is C17H26ClN3O2. The summed E-state index contributed by atoms with van der Waals surface area (Å²) in [6, 6.07) is 1.82. The van der Waals surface area contributed by atoms with Gasteiger partial charge in [0.05, 0.1) is 10.6 Å². The number of pyridine rings is 1. The van der Waals surface area contributed by atoms with E-state index in [1.807, 2.05) is 0 Å². The molecule has 23 heavy (non-hydrogen) atoms. The first-order valence-electron chi connectivity index (χ1n) is 8.27. The van der Waals surface area contributed by atoms with Crippen molar-refractivity contribution in [1.29, 1.82) is 0 Å². The van der Waals surface area contributed by atoms with Crippen LogP contribution in [0.3, 0.4) is 0 Å². The summed E-state index contributed by atoms with van der Waals surface area (Å²) >= 11 is 6.30. The van der Waals surface area contributed by atoms with Crippen molar-refractivity contribution in [2.24, 2.45) is 5.92 Å². The van der Waals surface area contributed by atoms with Crippen molar-refractivity contribution >= 4 is 23.3 Å². The van der Waals surface area contributed by atoms with E-state index < -0.39 is 0 Å². The van der Waals surface area contributed by atoms with Crippen molar-refractivity contribution < 1.29 is 9.90 Å². The zero-order valence-corrected chi connectivity index (χ0v) is 14.6. The van der Waals surface area contributed by atoms with Gasteiger partial charge in [-0.3, -0.25) is 4.79 Å². The average Bonchev–Trinajstić information content (AvgIpc) is 2.56. The van der Waals surface area contributed by atoms with Crippen molar-refractivity contribution in [3.63, 3.8) is 0 Å². The molecule has 0 saturated heterocycles. The third-order valence-electron chi connectivity index (χ3n) is 4.48. The molecule has 1 aromatic rings. The second-order valence-electron chi connectivity index (χ2n) is 6.42. The summed E-state index contributed by atoms with van der Waals surface area (Å²) in [5.74, 6) is 1.01. The molecule has 1 unspecified atom stereocenters. The smallest absolute Gasteiger partial charge is 0.254 e. The van der Waals surface area contributed by atoms with Gasteiger partial charge in [-0.15, -0.1) is 0 Å². The van der Waals surface area contributed by atoms with Crippen LogP contribution in [0, 0.1) is 5.92 Å². The number of rotatable bonds is 6. The molecule has 0 aromatic carbocycles. The number of aromatic nitrogens is 1. The summed E-state index contributed by atoms with van der Waals surface area (Å²) in [7, 11) is 3.39. The Kier molecular flexibility index (Phi) is 6.66. The average molecular weight is 340 g/mol. The number of nitrogens with zero attached hydrogens (tertiary/aromatic N) is 2. The molecule has 1 amide bonds. The van der Waals surface area contributed by atoms with Crippen molar-refractivity contribution in [2.75, 3.05) is 26.0 Å². The number of aliphatic hydroxyl groups is 1. The largest absolute Gasteiger partial charge is 0.396 e. The Bertz CT molecular complexity index is 531. The number of hydrogen-bond acceptors (Lipinski definition) is 4. The molecule has 128 valence electrons. The van der Waals surface area contributed by atoms with E-state index in [-0.39, 0.29) is 18.6 Å². The summed E-state index contributed by atoms with van der Waals surface area (Å²) in [6.07, 6.45) is 8.35. The highest BCUT2D eigenvalue weighted by Gasteiger charge is 2.24. The Labute approximate surface area is 143 Å². The number of amides is 1. The van der Waals surface area contributed by atoms with E-state index >= 15 is 0 Å². The zero-order chi connectivity index (χ0) is 16.8. The van der Waals surface area contributed by atoms with Gasteiger partial charge in [0.1, 0.15) is 5.82 Å². The number of carbonyl (C=O) groups excluding carboxylic acids is 1. The molecule has 1 heterocycles. The van der Waals surface area contributed by atoms with E-state index in [9.17, 15) is 9.90 Å². The second-order valence-corrected chi connectivity index (χ2v) is 6.82. The maximum absolute atomic E-state index is 12.0. The molecule has 6 heteroatoms. The van der Waals surface area contributed by atoms with Crippen molar-refractivity contribution in [3.05, 3.63) is 22.8 Å². The molecule has 0 radical (unpaired) electrons. The molecule has 0 spiro atoms. The Morgan fingerprint density at radius 2 is 2.13 bits per heavy atom. The second kappa shape index (κ2) is 8.50. The van der Waals surface area contributed by atoms with Crippen LogP contribution >= 0.6 is 11.6 Å². The standard InChI is InChI=1S/C17H26ClN3O2/c1-21(2)17(23)13-10-14(18)16(19-11-13)20-15(8-9-22)12-6-4-3-5-7-12/h10-12,15,22H,3-9H2,1-2H3,(H,19,20). The number of carbonyl (C=O) groups is 1. The molecule has 1 aliphatic rings. The molecule has 1 aromatic heterocycles. The lowest BCUT2D eigenvalue weighted by Gasteiger charge is -2.31. The van der Waals surface area contributed by atoms with Crippen molar-refractivity contribution in [3.8, 4) is 0 Å². The number of hydrogen-bond donors (Lipinski definition) is 2. The number of aliphatic hydroxyl groups excluding tert-OH is 1. The van der Waals surface area contributed by atoms with Gasteiger partial charge in [-0.05, 0) is 31.2 Å². The highest BCUT2D eigenvalue weighted by Crippen LogP contribution is 2.31. The van der Waals surface area contributed by atoms with Crippen LogP contribution in [0.25, 0.3) is 0 Å². The van der Waals surface area contributed by atoms with Crippen LogP contribution in [-0.2, 0) is 0 Å². The fourth-order valence-corrected chi connectivity index (χ4v) is 3.42. The lowest BCUT2D eigenvalue weighted by molar-refractivity contribution is 0.0827. The molecule has 5 nitrogen and oxygen atoms in total. The number of nitrogens with one attached hydrogen (secondary N) is 1. The molecule has 1 atom stereocenters. The Hall–Kier alpha value is -1.33. The van der Waals surface area contributed by atoms with E-state index in [2.05, 4.69) is 10.3 Å². The first-order valence-corrected chi connectivity index (χ1v) is 8.65. The molecule has 1 fully saturated rings. The van der Waals surface area contributed by atoms with Gasteiger partial charge in [0.2, 0.25) is 0 Å². The van der Waals surface area contributed by atoms with Gasteiger partial charge in [-0.25, -0.2) is 4.98 Å². The molecule has 1 aliphatic carbocycles. The lowest BCUT2D eigenvalue weighted by atomic mass is 9.83.